The van der Waals surface area contributed by atoms with Gasteiger partial charge in [-0.15, -0.1) is 11.8 Å². The van der Waals surface area contributed by atoms with Gasteiger partial charge in [0.25, 0.3) is 0 Å². The molecule has 3 rings (SSSR count). The van der Waals surface area contributed by atoms with Crippen molar-refractivity contribution in [2.45, 2.75) is 10.6 Å². The summed E-state index contributed by atoms with van der Waals surface area (Å²) in [6.45, 7) is 0. The summed E-state index contributed by atoms with van der Waals surface area (Å²) in [5, 5.41) is 17.6. The molecule has 0 aliphatic rings. The quantitative estimate of drug-likeness (QED) is 0.338. The number of anilines is 2. The van der Waals surface area contributed by atoms with Crippen molar-refractivity contribution < 1.29 is 18.7 Å². The Morgan fingerprint density at radius 3 is 2.48 bits per heavy atom. The molecule has 146 valence electrons. The molecule has 0 amide bonds. The lowest BCUT2D eigenvalue weighted by Crippen LogP contribution is -2.24. The molecule has 0 fully saturated rings. The number of rotatable bonds is 7. The topological polar surface area (TPSA) is 102 Å². The van der Waals surface area contributed by atoms with Gasteiger partial charge in [0, 0.05) is 16.2 Å². The number of halogens is 2. The first-order chi connectivity index (χ1) is 14.0. The number of para-hydroxylation sites is 1. The molecular formula is C20H14F2N4O2S. The smallest absolute Gasteiger partial charge is 0.220 e. The number of carboxylic acids is 1. The number of carbonyl (C=O) groups is 1. The first kappa shape index (κ1) is 20.2. The molecular weight excluding hydrogens is 398 g/mol. The van der Waals surface area contributed by atoms with Crippen LogP contribution in [0.2, 0.25) is 0 Å². The minimum atomic E-state index is -1.64. The number of carboxylic acid groups (broad SMARTS) is 1. The van der Waals surface area contributed by atoms with E-state index < -0.39 is 28.9 Å². The second kappa shape index (κ2) is 9.09. The number of nitrogens with one attached hydrogen (secondary N) is 2. The number of hydrogen-bond donors (Lipinski definition) is 2. The maximum Gasteiger partial charge on any atom is 0.220 e. The predicted molar refractivity (Wildman–Crippen MR) is 103 cm³/mol. The van der Waals surface area contributed by atoms with Crippen LogP contribution in [0.25, 0.3) is 0 Å². The van der Waals surface area contributed by atoms with Crippen LogP contribution in [-0.2, 0) is 5.75 Å². The van der Waals surface area contributed by atoms with E-state index in [1.54, 1.807) is 0 Å². The van der Waals surface area contributed by atoms with Gasteiger partial charge in [0.2, 0.25) is 10.6 Å². The second-order valence-corrected chi connectivity index (χ2v) is 6.84. The number of benzene rings is 3. The molecule has 3 aromatic rings. The summed E-state index contributed by atoms with van der Waals surface area (Å²) in [7, 11) is 0. The highest BCUT2D eigenvalue weighted by atomic mass is 32.2. The van der Waals surface area contributed by atoms with Crippen molar-refractivity contribution >= 4 is 34.8 Å². The van der Waals surface area contributed by atoms with Gasteiger partial charge in [-0.1, -0.05) is 42.5 Å². The number of hydrogen-bond acceptors (Lipinski definition) is 6. The molecule has 3 aromatic carbocycles. The van der Waals surface area contributed by atoms with Crippen molar-refractivity contribution in [1.29, 1.82) is 5.53 Å². The van der Waals surface area contributed by atoms with Gasteiger partial charge in [0.15, 0.2) is 10.9 Å². The highest BCUT2D eigenvalue weighted by Gasteiger charge is 2.23. The van der Waals surface area contributed by atoms with Crippen LogP contribution in [0.4, 0.5) is 25.8 Å². The summed E-state index contributed by atoms with van der Waals surface area (Å²) in [4.78, 5) is 14.7. The van der Waals surface area contributed by atoms with E-state index >= 15 is 4.39 Å². The Bertz CT molecular complexity index is 1100. The van der Waals surface area contributed by atoms with E-state index in [2.05, 4.69) is 15.3 Å². The zero-order chi connectivity index (χ0) is 20.8. The fraction of sp³-hybridized carbons (Fsp3) is 0.0500. The summed E-state index contributed by atoms with van der Waals surface area (Å²) in [6, 6.07) is 15.9. The Labute approximate surface area is 168 Å². The molecule has 0 saturated carbocycles. The predicted octanol–water partition coefficient (Wildman–Crippen LogP) is 4.55. The Balaban J connectivity index is 2.07. The lowest BCUT2D eigenvalue weighted by atomic mass is 10.1. The monoisotopic (exact) mass is 412 g/mol. The highest BCUT2D eigenvalue weighted by Crippen LogP contribution is 2.40. The fourth-order valence-electron chi connectivity index (χ4n) is 2.59. The van der Waals surface area contributed by atoms with E-state index in [1.807, 2.05) is 30.3 Å². The molecule has 0 aromatic heterocycles. The Morgan fingerprint density at radius 2 is 1.83 bits per heavy atom. The lowest BCUT2D eigenvalue weighted by molar-refractivity contribution is -0.254. The van der Waals surface area contributed by atoms with Gasteiger partial charge in [-0.3, -0.25) is 0 Å². The Morgan fingerprint density at radius 1 is 1.14 bits per heavy atom. The average Bonchev–Trinajstić information content (AvgIpc) is 2.72. The van der Waals surface area contributed by atoms with Gasteiger partial charge in [-0.2, -0.15) is 0 Å². The number of thioether (sulfide) groups is 1. The van der Waals surface area contributed by atoms with Crippen molar-refractivity contribution in [1.82, 2.24) is 4.91 Å². The largest absolute Gasteiger partial charge is 0.545 e. The molecule has 0 saturated heterocycles. The van der Waals surface area contributed by atoms with Crippen molar-refractivity contribution in [3.05, 3.63) is 83.4 Å². The first-order valence-corrected chi connectivity index (χ1v) is 9.33. The Kier molecular flexibility index (Phi) is 6.33. The van der Waals surface area contributed by atoms with Crippen LogP contribution in [-0.4, -0.2) is 5.97 Å². The summed E-state index contributed by atoms with van der Waals surface area (Å²) < 4.78 is 29.1. The molecule has 0 heterocycles. The first-order valence-electron chi connectivity index (χ1n) is 8.35. The average molecular weight is 412 g/mol. The van der Waals surface area contributed by atoms with Crippen LogP contribution in [0.15, 0.2) is 70.7 Å². The molecule has 2 N–H and O–H groups in total. The second-order valence-electron chi connectivity index (χ2n) is 5.83. The molecule has 29 heavy (non-hydrogen) atoms. The van der Waals surface area contributed by atoms with E-state index in [-0.39, 0.29) is 16.3 Å². The van der Waals surface area contributed by atoms with Gasteiger partial charge in [0.05, 0.1) is 17.3 Å². The van der Waals surface area contributed by atoms with Crippen LogP contribution in [0.5, 0.6) is 0 Å². The van der Waals surface area contributed by atoms with Crippen LogP contribution < -0.4 is 15.3 Å². The third kappa shape index (κ3) is 4.66. The van der Waals surface area contributed by atoms with Gasteiger partial charge >= 0.3 is 0 Å². The van der Waals surface area contributed by atoms with E-state index in [9.17, 15) is 14.3 Å². The van der Waals surface area contributed by atoms with Crippen molar-refractivity contribution in [2.24, 2.45) is 5.11 Å². The minimum absolute atomic E-state index is 0.118. The van der Waals surface area contributed by atoms with Gasteiger partial charge in [-0.05, 0) is 23.8 Å². The normalized spacial score (nSPS) is 10.3. The van der Waals surface area contributed by atoms with E-state index in [1.165, 1.54) is 24.3 Å². The molecule has 0 spiro atoms. The minimum Gasteiger partial charge on any atom is -0.545 e. The van der Waals surface area contributed by atoms with Crippen LogP contribution in [0.1, 0.15) is 15.9 Å². The Hall–Kier alpha value is -3.55. The molecule has 6 nitrogen and oxygen atoms in total. The molecule has 0 atom stereocenters. The number of nitrogens with zero attached hydrogens (tertiary/aromatic N) is 2. The van der Waals surface area contributed by atoms with Crippen LogP contribution in [0.3, 0.4) is 0 Å². The van der Waals surface area contributed by atoms with Gasteiger partial charge in [-0.25, -0.2) is 8.78 Å². The summed E-state index contributed by atoms with van der Waals surface area (Å²) in [5.41, 5.74) is 6.45. The fourth-order valence-corrected chi connectivity index (χ4v) is 3.57. The molecule has 9 heteroatoms. The molecule has 0 unspecified atom stereocenters. The zero-order valence-electron chi connectivity index (χ0n) is 14.9. The van der Waals surface area contributed by atoms with Crippen molar-refractivity contribution in [3.8, 4) is 0 Å². The zero-order valence-corrected chi connectivity index (χ0v) is 15.7. The molecule has 0 aliphatic carbocycles. The maximum atomic E-state index is 15.2. The highest BCUT2D eigenvalue weighted by molar-refractivity contribution is 7.98. The van der Waals surface area contributed by atoms with Crippen molar-refractivity contribution in [3.63, 3.8) is 0 Å². The van der Waals surface area contributed by atoms with E-state index in [4.69, 9.17) is 5.53 Å². The van der Waals surface area contributed by atoms with Gasteiger partial charge in [0.1, 0.15) is 11.3 Å². The lowest BCUT2D eigenvalue weighted by Gasteiger charge is -2.16. The maximum absolute atomic E-state index is 15.2. The van der Waals surface area contributed by atoms with Crippen LogP contribution >= 0.6 is 11.8 Å². The third-order valence-electron chi connectivity index (χ3n) is 3.95. The number of carbonyl (C=O) groups excluding carboxylic acids is 1. The third-order valence-corrected chi connectivity index (χ3v) is 5.05. The van der Waals surface area contributed by atoms with Crippen LogP contribution in [0, 0.1) is 17.2 Å². The van der Waals surface area contributed by atoms with Gasteiger partial charge < -0.3 is 15.2 Å². The summed E-state index contributed by atoms with van der Waals surface area (Å²) >= 11 is 1.13. The standard InChI is InChI=1S/C20H14F2N4O2S/c21-14-8-4-5-9-15(14)24-18-13(20(27)28)10-16(19(17(18)22)25-26-23)29-11-12-6-2-1-3-7-12/h1-10,23-24H,11H2. The number of aromatic carboxylic acids is 1. The SMILES string of the molecule is N=[N+]=Nc1c(SCc2ccccc2)cc(C(=O)[O-])c(Nc2ccccc2F)c1F. The molecule has 0 radical (unpaired) electrons. The summed E-state index contributed by atoms with van der Waals surface area (Å²) in [5.74, 6) is -2.99. The molecule has 0 bridgehead atoms. The van der Waals surface area contributed by atoms with E-state index in [0.717, 1.165) is 23.4 Å². The molecule has 0 aliphatic heterocycles. The van der Waals surface area contributed by atoms with Crippen molar-refractivity contribution in [2.75, 3.05) is 5.32 Å². The van der Waals surface area contributed by atoms with E-state index in [0.29, 0.717) is 5.75 Å². The summed E-state index contributed by atoms with van der Waals surface area (Å²) in [6.07, 6.45) is 0.